The van der Waals surface area contributed by atoms with Crippen molar-refractivity contribution in [2.45, 2.75) is 18.6 Å². The fourth-order valence-corrected chi connectivity index (χ4v) is 1.56. The van der Waals surface area contributed by atoms with Crippen LogP contribution in [0.25, 0.3) is 0 Å². The fourth-order valence-electron chi connectivity index (χ4n) is 1.26. The molecule has 1 aromatic rings. The SMILES string of the molecule is N#CCC(O)C(O)c1c(N)cccc1Cl. The van der Waals surface area contributed by atoms with Gasteiger partial charge in [-0.25, -0.2) is 0 Å². The van der Waals surface area contributed by atoms with E-state index < -0.39 is 12.2 Å². The molecule has 4 N–H and O–H groups in total. The molecular formula is C10H11ClN2O2. The van der Waals surface area contributed by atoms with Crippen molar-refractivity contribution in [2.75, 3.05) is 5.73 Å². The van der Waals surface area contributed by atoms with Crippen LogP contribution in [0, 0.1) is 11.3 Å². The summed E-state index contributed by atoms with van der Waals surface area (Å²) < 4.78 is 0. The lowest BCUT2D eigenvalue weighted by atomic mass is 10.0. The summed E-state index contributed by atoms with van der Waals surface area (Å²) in [7, 11) is 0. The Morgan fingerprint density at radius 1 is 1.47 bits per heavy atom. The maximum Gasteiger partial charge on any atom is 0.109 e. The highest BCUT2D eigenvalue weighted by molar-refractivity contribution is 6.31. The molecule has 4 nitrogen and oxygen atoms in total. The molecule has 0 heterocycles. The second kappa shape index (κ2) is 4.99. The average molecular weight is 227 g/mol. The van der Waals surface area contributed by atoms with Crippen LogP contribution in [0.5, 0.6) is 0 Å². The molecule has 1 aromatic carbocycles. The summed E-state index contributed by atoms with van der Waals surface area (Å²) >= 11 is 5.83. The van der Waals surface area contributed by atoms with E-state index in [4.69, 9.17) is 22.6 Å². The quantitative estimate of drug-likeness (QED) is 0.676. The third-order valence-corrected chi connectivity index (χ3v) is 2.38. The Morgan fingerprint density at radius 3 is 2.67 bits per heavy atom. The van der Waals surface area contributed by atoms with Crippen molar-refractivity contribution in [1.29, 1.82) is 5.26 Å². The first-order valence-corrected chi connectivity index (χ1v) is 4.72. The number of nitrogens with zero attached hydrogens (tertiary/aromatic N) is 1. The Labute approximate surface area is 92.5 Å². The largest absolute Gasteiger partial charge is 0.398 e. The third kappa shape index (κ3) is 2.60. The summed E-state index contributed by atoms with van der Waals surface area (Å²) in [6, 6.07) is 6.54. The van der Waals surface area contributed by atoms with E-state index in [1.54, 1.807) is 24.3 Å². The normalized spacial score (nSPS) is 14.3. The topological polar surface area (TPSA) is 90.3 Å². The molecular weight excluding hydrogens is 216 g/mol. The Balaban J connectivity index is 3.01. The Bertz CT molecular complexity index is 369. The van der Waals surface area contributed by atoms with Crippen molar-refractivity contribution in [2.24, 2.45) is 0 Å². The summed E-state index contributed by atoms with van der Waals surface area (Å²) in [6.07, 6.45) is -2.60. The number of anilines is 1. The van der Waals surface area contributed by atoms with Gasteiger partial charge in [0.15, 0.2) is 0 Å². The van der Waals surface area contributed by atoms with Gasteiger partial charge in [-0.1, -0.05) is 17.7 Å². The van der Waals surface area contributed by atoms with E-state index in [9.17, 15) is 10.2 Å². The van der Waals surface area contributed by atoms with E-state index in [0.717, 1.165) is 0 Å². The zero-order valence-corrected chi connectivity index (χ0v) is 8.65. The zero-order valence-electron chi connectivity index (χ0n) is 7.89. The van der Waals surface area contributed by atoms with E-state index in [1.807, 2.05) is 0 Å². The van der Waals surface area contributed by atoms with Crippen molar-refractivity contribution >= 4 is 17.3 Å². The summed E-state index contributed by atoms with van der Waals surface area (Å²) in [5.41, 5.74) is 6.18. The van der Waals surface area contributed by atoms with Crippen LogP contribution in [0.3, 0.4) is 0 Å². The van der Waals surface area contributed by atoms with Crippen molar-refractivity contribution in [3.05, 3.63) is 28.8 Å². The summed E-state index contributed by atoms with van der Waals surface area (Å²) in [6.45, 7) is 0. The lowest BCUT2D eigenvalue weighted by Crippen LogP contribution is -2.19. The van der Waals surface area contributed by atoms with Crippen molar-refractivity contribution in [3.8, 4) is 6.07 Å². The van der Waals surface area contributed by atoms with Crippen LogP contribution in [0.2, 0.25) is 5.02 Å². The van der Waals surface area contributed by atoms with E-state index in [0.29, 0.717) is 5.69 Å². The Kier molecular flexibility index (Phi) is 3.92. The molecule has 2 atom stereocenters. The molecule has 0 aliphatic heterocycles. The number of aliphatic hydroxyl groups is 2. The van der Waals surface area contributed by atoms with Gasteiger partial charge in [0.05, 0.1) is 18.6 Å². The van der Waals surface area contributed by atoms with Crippen molar-refractivity contribution in [3.63, 3.8) is 0 Å². The first-order valence-electron chi connectivity index (χ1n) is 4.35. The van der Waals surface area contributed by atoms with Gasteiger partial charge < -0.3 is 15.9 Å². The number of hydrogen-bond acceptors (Lipinski definition) is 4. The van der Waals surface area contributed by atoms with E-state index in [1.165, 1.54) is 0 Å². The number of halogens is 1. The van der Waals surface area contributed by atoms with E-state index in [2.05, 4.69) is 0 Å². The number of hydrogen-bond donors (Lipinski definition) is 3. The monoisotopic (exact) mass is 226 g/mol. The van der Waals surface area contributed by atoms with Crippen LogP contribution < -0.4 is 5.73 Å². The van der Waals surface area contributed by atoms with Crippen LogP contribution in [0.15, 0.2) is 18.2 Å². The average Bonchev–Trinajstić information content (AvgIpc) is 2.17. The summed E-state index contributed by atoms with van der Waals surface area (Å²) in [5.74, 6) is 0. The lowest BCUT2D eigenvalue weighted by molar-refractivity contribution is 0.0221. The maximum atomic E-state index is 9.72. The molecule has 5 heteroatoms. The van der Waals surface area contributed by atoms with Gasteiger partial charge in [-0.3, -0.25) is 0 Å². The molecule has 0 fully saturated rings. The molecule has 15 heavy (non-hydrogen) atoms. The van der Waals surface area contributed by atoms with Crippen LogP contribution >= 0.6 is 11.6 Å². The van der Waals surface area contributed by atoms with Gasteiger partial charge in [0.1, 0.15) is 6.10 Å². The third-order valence-electron chi connectivity index (χ3n) is 2.05. The minimum atomic E-state index is -1.24. The van der Waals surface area contributed by atoms with Crippen LogP contribution in [-0.2, 0) is 0 Å². The van der Waals surface area contributed by atoms with Crippen LogP contribution in [-0.4, -0.2) is 16.3 Å². The number of aliphatic hydroxyl groups excluding tert-OH is 2. The lowest BCUT2D eigenvalue weighted by Gasteiger charge is -2.18. The van der Waals surface area contributed by atoms with Gasteiger partial charge in [-0.15, -0.1) is 0 Å². The van der Waals surface area contributed by atoms with E-state index in [-0.39, 0.29) is 17.0 Å². The number of nitriles is 1. The van der Waals surface area contributed by atoms with Gasteiger partial charge in [0.2, 0.25) is 0 Å². The summed E-state index contributed by atoms with van der Waals surface area (Å²) in [5, 5.41) is 27.8. The van der Waals surface area contributed by atoms with Gasteiger partial charge in [0, 0.05) is 16.3 Å². The van der Waals surface area contributed by atoms with E-state index >= 15 is 0 Å². The van der Waals surface area contributed by atoms with Crippen LogP contribution in [0.1, 0.15) is 18.1 Å². The van der Waals surface area contributed by atoms with Gasteiger partial charge in [-0.05, 0) is 12.1 Å². The fraction of sp³-hybridized carbons (Fsp3) is 0.300. The zero-order chi connectivity index (χ0) is 11.4. The van der Waals surface area contributed by atoms with Crippen molar-refractivity contribution < 1.29 is 10.2 Å². The standard InChI is InChI=1S/C10H11ClN2O2/c11-6-2-1-3-7(13)9(6)10(15)8(14)4-5-12/h1-3,8,10,14-15H,4,13H2. The number of benzene rings is 1. The first kappa shape index (κ1) is 11.8. The first-order chi connectivity index (χ1) is 7.07. The predicted octanol–water partition coefficient (Wildman–Crippen LogP) is 1.23. The molecule has 2 unspecified atom stereocenters. The van der Waals surface area contributed by atoms with Gasteiger partial charge >= 0.3 is 0 Å². The van der Waals surface area contributed by atoms with Crippen molar-refractivity contribution in [1.82, 2.24) is 0 Å². The molecule has 0 aliphatic rings. The second-order valence-corrected chi connectivity index (χ2v) is 3.52. The highest BCUT2D eigenvalue weighted by Gasteiger charge is 2.22. The number of nitrogen functional groups attached to an aromatic ring is 1. The Morgan fingerprint density at radius 2 is 2.13 bits per heavy atom. The van der Waals surface area contributed by atoms with Gasteiger partial charge in [-0.2, -0.15) is 5.26 Å². The Hall–Kier alpha value is -1.28. The molecule has 1 rings (SSSR count). The minimum absolute atomic E-state index is 0.175. The molecule has 80 valence electrons. The minimum Gasteiger partial charge on any atom is -0.398 e. The highest BCUT2D eigenvalue weighted by atomic mass is 35.5. The molecule has 0 saturated heterocycles. The molecule has 0 aromatic heterocycles. The predicted molar refractivity (Wildman–Crippen MR) is 57.1 cm³/mol. The number of rotatable bonds is 3. The molecule has 0 spiro atoms. The number of nitrogens with two attached hydrogens (primary N) is 1. The summed E-state index contributed by atoms with van der Waals surface area (Å²) in [4.78, 5) is 0. The molecule has 0 bridgehead atoms. The molecule has 0 amide bonds. The molecule has 0 saturated carbocycles. The molecule has 0 aliphatic carbocycles. The van der Waals surface area contributed by atoms with Gasteiger partial charge in [0.25, 0.3) is 0 Å². The smallest absolute Gasteiger partial charge is 0.109 e. The second-order valence-electron chi connectivity index (χ2n) is 3.12. The maximum absolute atomic E-state index is 9.72. The highest BCUT2D eigenvalue weighted by Crippen LogP contribution is 2.31. The molecule has 0 radical (unpaired) electrons. The van der Waals surface area contributed by atoms with Crippen LogP contribution in [0.4, 0.5) is 5.69 Å².